The van der Waals surface area contributed by atoms with Crippen LogP contribution in [0.2, 0.25) is 0 Å². The summed E-state index contributed by atoms with van der Waals surface area (Å²) >= 11 is 0. The van der Waals surface area contributed by atoms with Crippen molar-refractivity contribution < 1.29 is 23.0 Å². The Balaban J connectivity index is 1.37. The Bertz CT molecular complexity index is 1140. The molecule has 2 aromatic heterocycles. The molecule has 3 aromatic rings. The first-order valence-electron chi connectivity index (χ1n) is 11.2. The smallest absolute Gasteiger partial charge is 0.263 e. The zero-order valence-electron chi connectivity index (χ0n) is 19.8. The number of alkyl halides is 2. The molecular weight excluding hydrogens is 460 g/mol. The van der Waals surface area contributed by atoms with Crippen LogP contribution in [-0.2, 0) is 16.1 Å². The molecule has 1 amide bonds. The van der Waals surface area contributed by atoms with E-state index in [4.69, 9.17) is 9.47 Å². The molecule has 186 valence electrons. The van der Waals surface area contributed by atoms with Crippen LogP contribution in [0.1, 0.15) is 30.3 Å². The highest BCUT2D eigenvalue weighted by Crippen LogP contribution is 2.22. The molecule has 1 aliphatic rings. The van der Waals surface area contributed by atoms with Crippen LogP contribution < -0.4 is 9.64 Å². The van der Waals surface area contributed by atoms with Gasteiger partial charge >= 0.3 is 0 Å². The first-order valence-corrected chi connectivity index (χ1v) is 11.2. The van der Waals surface area contributed by atoms with Crippen LogP contribution in [0, 0.1) is 6.92 Å². The highest BCUT2D eigenvalue weighted by atomic mass is 19.3. The van der Waals surface area contributed by atoms with E-state index in [1.807, 2.05) is 11.8 Å². The van der Waals surface area contributed by atoms with Gasteiger partial charge in [-0.1, -0.05) is 17.3 Å². The van der Waals surface area contributed by atoms with E-state index in [1.54, 1.807) is 47.9 Å². The van der Waals surface area contributed by atoms with Gasteiger partial charge in [0, 0.05) is 38.4 Å². The minimum Gasteiger partial charge on any atom is -0.470 e. The zero-order valence-corrected chi connectivity index (χ0v) is 19.8. The summed E-state index contributed by atoms with van der Waals surface area (Å²) in [4.78, 5) is 16.1. The van der Waals surface area contributed by atoms with Crippen LogP contribution in [0.3, 0.4) is 0 Å². The molecule has 3 heterocycles. The lowest BCUT2D eigenvalue weighted by atomic mass is 10.2. The molecule has 35 heavy (non-hydrogen) atoms. The number of anilines is 1. The zero-order chi connectivity index (χ0) is 24.9. The molecule has 1 saturated heterocycles. The summed E-state index contributed by atoms with van der Waals surface area (Å²) in [6.45, 7) is 5.83. The van der Waals surface area contributed by atoms with Crippen LogP contribution in [-0.4, -0.2) is 75.4 Å². The topological polar surface area (TPSA) is 98.5 Å². The van der Waals surface area contributed by atoms with Crippen LogP contribution in [0.5, 0.6) is 5.88 Å². The van der Waals surface area contributed by atoms with Crippen molar-refractivity contribution in [1.82, 2.24) is 30.1 Å². The SMILES string of the molecule is COC(C)CN1CCN(c2ccc(OCc3c(C)nnn3-c3ccc(C(F)F)cc3)nn2)CC1=O. The summed E-state index contributed by atoms with van der Waals surface area (Å²) < 4.78 is 38.3. The number of hydrogen-bond acceptors (Lipinski definition) is 8. The van der Waals surface area contributed by atoms with E-state index in [2.05, 4.69) is 20.5 Å². The maximum atomic E-state index is 12.8. The number of aryl methyl sites for hydroxylation is 1. The van der Waals surface area contributed by atoms with Gasteiger partial charge in [0.2, 0.25) is 11.8 Å². The predicted molar refractivity (Wildman–Crippen MR) is 123 cm³/mol. The van der Waals surface area contributed by atoms with E-state index >= 15 is 0 Å². The Kier molecular flexibility index (Phi) is 7.49. The fourth-order valence-electron chi connectivity index (χ4n) is 3.69. The van der Waals surface area contributed by atoms with E-state index in [0.717, 1.165) is 0 Å². The largest absolute Gasteiger partial charge is 0.470 e. The average Bonchev–Trinajstić information content (AvgIpc) is 3.24. The minimum absolute atomic E-state index is 0.0140. The summed E-state index contributed by atoms with van der Waals surface area (Å²) in [6.07, 6.45) is -2.55. The van der Waals surface area contributed by atoms with Crippen molar-refractivity contribution in [2.75, 3.05) is 38.2 Å². The van der Waals surface area contributed by atoms with Crippen molar-refractivity contribution in [3.63, 3.8) is 0 Å². The minimum atomic E-state index is -2.53. The van der Waals surface area contributed by atoms with Gasteiger partial charge in [0.05, 0.1) is 24.0 Å². The van der Waals surface area contributed by atoms with Gasteiger partial charge in [-0.25, -0.2) is 13.5 Å². The van der Waals surface area contributed by atoms with Gasteiger partial charge in [0.25, 0.3) is 6.43 Å². The van der Waals surface area contributed by atoms with Crippen molar-refractivity contribution in [3.05, 3.63) is 53.3 Å². The van der Waals surface area contributed by atoms with Crippen LogP contribution in [0.25, 0.3) is 5.69 Å². The lowest BCUT2D eigenvalue weighted by Crippen LogP contribution is -2.52. The third kappa shape index (κ3) is 5.70. The fourth-order valence-corrected chi connectivity index (χ4v) is 3.69. The van der Waals surface area contributed by atoms with Gasteiger partial charge in [0.15, 0.2) is 5.82 Å². The number of halogens is 2. The van der Waals surface area contributed by atoms with E-state index in [-0.39, 0.29) is 30.7 Å². The van der Waals surface area contributed by atoms with E-state index in [1.165, 1.54) is 12.1 Å². The molecule has 4 rings (SSSR count). The summed E-state index contributed by atoms with van der Waals surface area (Å²) in [5.41, 5.74) is 1.84. The Morgan fingerprint density at radius 1 is 1.06 bits per heavy atom. The second kappa shape index (κ2) is 10.7. The van der Waals surface area contributed by atoms with Crippen LogP contribution >= 0.6 is 0 Å². The average molecular weight is 488 g/mol. The molecule has 1 atom stereocenters. The second-order valence-corrected chi connectivity index (χ2v) is 8.25. The number of piperazine rings is 1. The molecule has 1 fully saturated rings. The van der Waals surface area contributed by atoms with Gasteiger partial charge in [-0.05, 0) is 32.0 Å². The van der Waals surface area contributed by atoms with Crippen molar-refractivity contribution >= 4 is 11.7 Å². The maximum Gasteiger partial charge on any atom is 0.263 e. The van der Waals surface area contributed by atoms with E-state index < -0.39 is 6.43 Å². The predicted octanol–water partition coefficient (Wildman–Crippen LogP) is 2.57. The summed E-state index contributed by atoms with van der Waals surface area (Å²) in [5.74, 6) is 0.903. The first-order chi connectivity index (χ1) is 16.9. The van der Waals surface area contributed by atoms with E-state index in [0.29, 0.717) is 48.4 Å². The van der Waals surface area contributed by atoms with Crippen LogP contribution in [0.4, 0.5) is 14.6 Å². The number of carbonyl (C=O) groups excluding carboxylic acids is 1. The molecule has 0 saturated carbocycles. The number of hydrogen-bond donors (Lipinski definition) is 0. The molecule has 0 radical (unpaired) electrons. The van der Waals surface area contributed by atoms with Crippen molar-refractivity contribution in [2.45, 2.75) is 33.0 Å². The Hall–Kier alpha value is -3.67. The monoisotopic (exact) mass is 487 g/mol. The Morgan fingerprint density at radius 3 is 2.46 bits per heavy atom. The van der Waals surface area contributed by atoms with Gasteiger partial charge in [0.1, 0.15) is 12.3 Å². The van der Waals surface area contributed by atoms with Gasteiger partial charge in [-0.3, -0.25) is 4.79 Å². The number of nitrogens with zero attached hydrogens (tertiary/aromatic N) is 7. The van der Waals surface area contributed by atoms with E-state index in [9.17, 15) is 13.6 Å². The molecule has 0 N–H and O–H groups in total. The second-order valence-electron chi connectivity index (χ2n) is 8.25. The molecule has 1 unspecified atom stereocenters. The maximum absolute atomic E-state index is 12.8. The summed E-state index contributed by atoms with van der Waals surface area (Å²) in [7, 11) is 1.63. The number of carbonyl (C=O) groups is 1. The van der Waals surface area contributed by atoms with Gasteiger partial charge < -0.3 is 19.3 Å². The first kappa shape index (κ1) is 24.5. The van der Waals surface area contributed by atoms with Crippen molar-refractivity contribution in [2.24, 2.45) is 0 Å². The molecule has 1 aromatic carbocycles. The molecule has 10 nitrogen and oxygen atoms in total. The molecule has 1 aliphatic heterocycles. The molecule has 12 heteroatoms. The normalized spacial score (nSPS) is 15.1. The lowest BCUT2D eigenvalue weighted by molar-refractivity contribution is -0.132. The highest BCUT2D eigenvalue weighted by Gasteiger charge is 2.26. The number of aromatic nitrogens is 5. The molecular formula is C23H27F2N7O3. The molecule has 0 aliphatic carbocycles. The van der Waals surface area contributed by atoms with Gasteiger partial charge in [-0.15, -0.1) is 15.3 Å². The lowest BCUT2D eigenvalue weighted by Gasteiger charge is -2.35. The number of amides is 1. The summed E-state index contributed by atoms with van der Waals surface area (Å²) in [6, 6.07) is 9.28. The standard InChI is InChI=1S/C23H27F2N7O3/c1-15(34-3)12-31-11-10-30(13-22(31)33)20-8-9-21(28-27-20)35-14-19-16(2)26-29-32(19)18-6-4-17(5-7-18)23(24)25/h4-9,15,23H,10-14H2,1-3H3. The van der Waals surface area contributed by atoms with Crippen molar-refractivity contribution in [1.29, 1.82) is 0 Å². The number of benzene rings is 1. The quantitative estimate of drug-likeness (QED) is 0.454. The number of rotatable bonds is 9. The third-order valence-corrected chi connectivity index (χ3v) is 5.85. The highest BCUT2D eigenvalue weighted by molar-refractivity contribution is 5.82. The van der Waals surface area contributed by atoms with Crippen molar-refractivity contribution in [3.8, 4) is 11.6 Å². The number of methoxy groups -OCH3 is 1. The fraction of sp³-hybridized carbons (Fsp3) is 0.435. The number of ether oxygens (including phenoxy) is 2. The Labute approximate surface area is 201 Å². The Morgan fingerprint density at radius 2 is 1.83 bits per heavy atom. The van der Waals surface area contributed by atoms with Gasteiger partial charge in [-0.2, -0.15) is 0 Å². The third-order valence-electron chi connectivity index (χ3n) is 5.85. The molecule has 0 spiro atoms. The molecule has 0 bridgehead atoms. The van der Waals surface area contributed by atoms with Crippen LogP contribution in [0.15, 0.2) is 36.4 Å². The summed E-state index contributed by atoms with van der Waals surface area (Å²) in [5, 5.41) is 16.5.